The summed E-state index contributed by atoms with van der Waals surface area (Å²) in [5, 5.41) is 0. The molecule has 0 aromatic carbocycles. The molecule has 6 heteroatoms. The molecular formula is C29H50O6. The first-order valence-corrected chi connectivity index (χ1v) is 13.8. The second kappa shape index (κ2) is 17.7. The molecule has 1 atom stereocenters. The lowest BCUT2D eigenvalue weighted by Gasteiger charge is -2.34. The minimum atomic E-state index is -1.03. The lowest BCUT2D eigenvalue weighted by atomic mass is 10.0. The number of rotatable bonds is 19. The van der Waals surface area contributed by atoms with E-state index in [9.17, 15) is 9.59 Å². The molecule has 0 saturated heterocycles. The predicted molar refractivity (Wildman–Crippen MR) is 139 cm³/mol. The average Bonchev–Trinajstić information content (AvgIpc) is 2.81. The molecule has 0 aliphatic heterocycles. The van der Waals surface area contributed by atoms with Crippen LogP contribution in [-0.2, 0) is 28.5 Å². The first kappa shape index (κ1) is 31.4. The van der Waals surface area contributed by atoms with Crippen LogP contribution in [0.25, 0.3) is 0 Å². The molecule has 0 N–H and O–H groups in total. The summed E-state index contributed by atoms with van der Waals surface area (Å²) in [5.41, 5.74) is 0. The van der Waals surface area contributed by atoms with Crippen molar-refractivity contribution in [1.29, 1.82) is 0 Å². The van der Waals surface area contributed by atoms with Gasteiger partial charge in [-0.2, -0.15) is 0 Å². The van der Waals surface area contributed by atoms with Gasteiger partial charge in [-0.25, -0.2) is 0 Å². The zero-order valence-corrected chi connectivity index (χ0v) is 23.2. The highest BCUT2D eigenvalue weighted by atomic mass is 16.7. The monoisotopic (exact) mass is 494 g/mol. The first-order valence-electron chi connectivity index (χ1n) is 13.8. The van der Waals surface area contributed by atoms with Gasteiger partial charge in [0.2, 0.25) is 0 Å². The highest BCUT2D eigenvalue weighted by Crippen LogP contribution is 2.34. The molecule has 1 unspecified atom stereocenters. The molecule has 6 nitrogen and oxygen atoms in total. The Hall–Kier alpha value is -1.66. The number of carbonyl (C=O) groups excluding carboxylic acids is 2. The van der Waals surface area contributed by atoms with Crippen LogP contribution in [0.1, 0.15) is 119 Å². The van der Waals surface area contributed by atoms with Crippen LogP contribution in [0.3, 0.4) is 0 Å². The maximum atomic E-state index is 12.6. The molecule has 0 saturated carbocycles. The third-order valence-corrected chi connectivity index (χ3v) is 5.92. The van der Waals surface area contributed by atoms with Gasteiger partial charge >= 0.3 is 11.9 Å². The van der Waals surface area contributed by atoms with E-state index in [4.69, 9.17) is 18.9 Å². The van der Waals surface area contributed by atoms with E-state index in [0.29, 0.717) is 43.7 Å². The fourth-order valence-corrected chi connectivity index (χ4v) is 3.63. The Morgan fingerprint density at radius 2 is 1.31 bits per heavy atom. The van der Waals surface area contributed by atoms with Crippen molar-refractivity contribution in [2.24, 2.45) is 11.8 Å². The molecular weight excluding hydrogens is 444 g/mol. The van der Waals surface area contributed by atoms with Crippen molar-refractivity contribution in [3.63, 3.8) is 0 Å². The van der Waals surface area contributed by atoms with Gasteiger partial charge < -0.3 is 18.9 Å². The van der Waals surface area contributed by atoms with E-state index in [0.717, 1.165) is 51.4 Å². The van der Waals surface area contributed by atoms with Crippen LogP contribution in [0, 0.1) is 11.8 Å². The number of ether oxygens (including phenoxy) is 4. The van der Waals surface area contributed by atoms with Crippen LogP contribution in [0.5, 0.6) is 0 Å². The molecule has 0 aromatic heterocycles. The second-order valence-corrected chi connectivity index (χ2v) is 10.4. The lowest BCUT2D eigenvalue weighted by molar-refractivity contribution is -0.210. The van der Waals surface area contributed by atoms with Gasteiger partial charge in [-0.3, -0.25) is 9.59 Å². The number of hydrogen-bond donors (Lipinski definition) is 0. The molecule has 0 spiro atoms. The molecule has 0 aromatic rings. The van der Waals surface area contributed by atoms with Crippen molar-refractivity contribution in [1.82, 2.24) is 0 Å². The molecule has 0 fully saturated rings. The molecule has 1 aliphatic rings. The van der Waals surface area contributed by atoms with Gasteiger partial charge in [0.1, 0.15) is 0 Å². The molecule has 0 radical (unpaired) electrons. The van der Waals surface area contributed by atoms with Gasteiger partial charge in [-0.1, -0.05) is 73.6 Å². The smallest absolute Gasteiger partial charge is 0.311 e. The van der Waals surface area contributed by atoms with Crippen molar-refractivity contribution in [2.75, 3.05) is 13.2 Å². The molecule has 0 heterocycles. The predicted octanol–water partition coefficient (Wildman–Crippen LogP) is 7.62. The van der Waals surface area contributed by atoms with Gasteiger partial charge in [-0.05, 0) is 49.7 Å². The maximum absolute atomic E-state index is 12.6. The van der Waals surface area contributed by atoms with Crippen LogP contribution in [0.2, 0.25) is 0 Å². The number of carbonyl (C=O) groups is 2. The first-order chi connectivity index (χ1) is 16.7. The zero-order valence-electron chi connectivity index (χ0n) is 23.2. The van der Waals surface area contributed by atoms with Crippen molar-refractivity contribution < 1.29 is 28.5 Å². The Kier molecular flexibility index (Phi) is 15.9. The van der Waals surface area contributed by atoms with E-state index < -0.39 is 5.79 Å². The van der Waals surface area contributed by atoms with Crippen molar-refractivity contribution in [3.05, 3.63) is 23.7 Å². The molecule has 0 bridgehead atoms. The minimum Gasteiger partial charge on any atom is -0.427 e. The van der Waals surface area contributed by atoms with E-state index in [1.807, 2.05) is 6.08 Å². The van der Waals surface area contributed by atoms with Crippen LogP contribution < -0.4 is 0 Å². The largest absolute Gasteiger partial charge is 0.427 e. The summed E-state index contributed by atoms with van der Waals surface area (Å²) in [6, 6.07) is 0. The summed E-state index contributed by atoms with van der Waals surface area (Å²) in [5.74, 6) is -0.308. The van der Waals surface area contributed by atoms with Gasteiger partial charge in [0, 0.05) is 12.8 Å². The Morgan fingerprint density at radius 3 is 1.86 bits per heavy atom. The zero-order chi connectivity index (χ0) is 26.1. The molecule has 1 rings (SSSR count). The normalized spacial score (nSPS) is 17.9. The minimum absolute atomic E-state index is 0.198. The van der Waals surface area contributed by atoms with E-state index in [1.54, 1.807) is 6.08 Å². The molecule has 35 heavy (non-hydrogen) atoms. The van der Waals surface area contributed by atoms with Crippen LogP contribution >= 0.6 is 0 Å². The lowest BCUT2D eigenvalue weighted by Crippen LogP contribution is -2.38. The molecule has 202 valence electrons. The SMILES string of the molecule is CCCCCCOC1(OCCCCC)C=CC(OC(=O)CCC(C)C)=C(OC(=O)CCC(C)C)C1. The Bertz CT molecular complexity index is 679. The highest BCUT2D eigenvalue weighted by molar-refractivity contribution is 5.72. The maximum Gasteiger partial charge on any atom is 0.311 e. The van der Waals surface area contributed by atoms with E-state index in [2.05, 4.69) is 41.5 Å². The average molecular weight is 495 g/mol. The van der Waals surface area contributed by atoms with Crippen molar-refractivity contribution >= 4 is 11.9 Å². The Morgan fingerprint density at radius 1 is 0.800 bits per heavy atom. The van der Waals surface area contributed by atoms with Crippen LogP contribution in [0.4, 0.5) is 0 Å². The van der Waals surface area contributed by atoms with E-state index in [1.165, 1.54) is 6.42 Å². The summed E-state index contributed by atoms with van der Waals surface area (Å²) in [4.78, 5) is 25.0. The number of hydrogen-bond acceptors (Lipinski definition) is 6. The quantitative estimate of drug-likeness (QED) is 0.104. The second-order valence-electron chi connectivity index (χ2n) is 10.4. The summed E-state index contributed by atoms with van der Waals surface area (Å²) < 4.78 is 23.9. The summed E-state index contributed by atoms with van der Waals surface area (Å²) >= 11 is 0. The van der Waals surface area contributed by atoms with Crippen molar-refractivity contribution in [2.45, 2.75) is 124 Å². The fraction of sp³-hybridized carbons (Fsp3) is 0.793. The van der Waals surface area contributed by atoms with Gasteiger partial charge in [0.25, 0.3) is 0 Å². The third kappa shape index (κ3) is 13.9. The summed E-state index contributed by atoms with van der Waals surface area (Å²) in [6.45, 7) is 13.7. The molecule has 0 amide bonds. The van der Waals surface area contributed by atoms with Crippen LogP contribution in [0.15, 0.2) is 23.7 Å². The summed E-state index contributed by atoms with van der Waals surface area (Å²) in [7, 11) is 0. The Balaban J connectivity index is 3.02. The van der Waals surface area contributed by atoms with Crippen molar-refractivity contribution in [3.8, 4) is 0 Å². The standard InChI is InChI=1S/C29H50O6/c1-7-9-11-13-21-33-29(32-20-12-10-8-2)19-18-25(34-27(30)16-14-23(3)4)26(22-29)35-28(31)17-15-24(5)6/h18-19,23-24H,7-17,20-22H2,1-6H3. The van der Waals surface area contributed by atoms with Gasteiger partial charge in [0.05, 0.1) is 19.6 Å². The fourth-order valence-electron chi connectivity index (χ4n) is 3.63. The van der Waals surface area contributed by atoms with Crippen LogP contribution in [-0.4, -0.2) is 30.9 Å². The molecule has 1 aliphatic carbocycles. The van der Waals surface area contributed by atoms with E-state index >= 15 is 0 Å². The summed E-state index contributed by atoms with van der Waals surface area (Å²) in [6.07, 6.45) is 13.2. The Labute approximate surface area is 213 Å². The van der Waals surface area contributed by atoms with Gasteiger partial charge in [0.15, 0.2) is 17.3 Å². The van der Waals surface area contributed by atoms with E-state index in [-0.39, 0.29) is 24.1 Å². The number of unbranched alkanes of at least 4 members (excludes halogenated alkanes) is 5. The topological polar surface area (TPSA) is 71.1 Å². The van der Waals surface area contributed by atoms with Gasteiger partial charge in [-0.15, -0.1) is 0 Å². The number of allylic oxidation sites excluding steroid dienone is 1. The number of esters is 2. The third-order valence-electron chi connectivity index (χ3n) is 5.92. The highest BCUT2D eigenvalue weighted by Gasteiger charge is 2.37.